The van der Waals surface area contributed by atoms with Gasteiger partial charge in [0.05, 0.1) is 36.1 Å². The number of fused-ring (bicyclic) bond motifs is 9. The third-order valence-corrected chi connectivity index (χ3v) is 29.1. The lowest BCUT2D eigenvalue weighted by atomic mass is 9.59. The number of benzene rings is 1. The van der Waals surface area contributed by atoms with Crippen LogP contribution in [0.15, 0.2) is 106 Å². The molecule has 0 aliphatic heterocycles. The summed E-state index contributed by atoms with van der Waals surface area (Å²) >= 11 is 0. The molecule has 3 spiro atoms. The first kappa shape index (κ1) is 80.5. The Labute approximate surface area is 622 Å². The molecule has 0 amide bonds. The largest absolute Gasteiger partial charge is 0.455 e. The van der Waals surface area contributed by atoms with Crippen LogP contribution in [0.4, 0.5) is 0 Å². The van der Waals surface area contributed by atoms with Crippen LogP contribution in [0.1, 0.15) is 212 Å². The Balaban J connectivity index is 0.000000158. The quantitative estimate of drug-likeness (QED) is 0.0171. The third kappa shape index (κ3) is 12.6. The Morgan fingerprint density at radius 1 is 0.457 bits per heavy atom. The lowest BCUT2D eigenvalue weighted by molar-refractivity contribution is -0.203. The predicted molar refractivity (Wildman–Crippen MR) is 397 cm³/mol. The molecule has 6 fully saturated rings. The number of carbonyl (C=O) groups is 6. The molecule has 0 heterocycles. The highest BCUT2D eigenvalue weighted by Gasteiger charge is 2.80. The van der Waals surface area contributed by atoms with Crippen molar-refractivity contribution < 1.29 is 88.9 Å². The van der Waals surface area contributed by atoms with Gasteiger partial charge in [-0.25, -0.2) is 4.79 Å². The van der Waals surface area contributed by atoms with Crippen molar-refractivity contribution in [2.75, 3.05) is 19.8 Å². The number of aliphatic hydroxyl groups excluding tert-OH is 6. The van der Waals surface area contributed by atoms with E-state index in [9.17, 15) is 74.7 Å². The van der Waals surface area contributed by atoms with Crippen LogP contribution in [-0.2, 0) is 43.0 Å². The zero-order chi connectivity index (χ0) is 76.9. The number of ketones is 3. The van der Waals surface area contributed by atoms with Crippen LogP contribution in [0, 0.1) is 104 Å². The fourth-order valence-electron chi connectivity index (χ4n) is 23.1. The molecule has 6 bridgehead atoms. The summed E-state index contributed by atoms with van der Waals surface area (Å²) < 4.78 is 17.5. The Hall–Kier alpha value is -5.54. The second-order valence-electron chi connectivity index (χ2n) is 35.9. The number of Topliss-reactive ketones (excluding diaryl/α,β-unsaturated/α-hetero) is 3. The SMILES string of the molecule is CC1=CC23C(=O)C(C=C(CO)C(O)C2(O)C1OC(=O)/C=C/c1ccccc1)C1C(CC3C)C1(C)C.CCCCCC(=O)OC1C(C)=CC23C(=O)C(C=C(CO)C(O)C12O)C1C(CC3C)C1(C)C.CCCCCCCCCCCC(=O)OC1C(C)=CC23C(=O)C(C=C(CO)C(O)C12O)C1C(CC3C)C1(C)C. The topological polar surface area (TPSA) is 312 Å². The predicted octanol–water partition coefficient (Wildman–Crippen LogP) is 11.3. The molecule has 1 aromatic carbocycles. The zero-order valence-corrected chi connectivity index (χ0v) is 64.7. The number of carbonyl (C=O) groups excluding carboxylic acids is 6. The molecule has 0 aromatic heterocycles. The Morgan fingerprint density at radius 3 is 1.08 bits per heavy atom. The van der Waals surface area contributed by atoms with E-state index in [1.165, 1.54) is 44.6 Å². The van der Waals surface area contributed by atoms with Gasteiger partial charge in [-0.3, -0.25) is 24.0 Å². The monoisotopic (exact) mass is 1450 g/mol. The molecule has 18 heteroatoms. The minimum Gasteiger partial charge on any atom is -0.455 e. The smallest absolute Gasteiger partial charge is 0.331 e. The van der Waals surface area contributed by atoms with Gasteiger partial charge in [-0.1, -0.05) is 207 Å². The first-order valence-corrected chi connectivity index (χ1v) is 39.6. The highest BCUT2D eigenvalue weighted by molar-refractivity contribution is 5.98. The van der Waals surface area contributed by atoms with Gasteiger partial charge in [0.15, 0.2) is 52.5 Å². The van der Waals surface area contributed by atoms with E-state index in [1.807, 2.05) is 58.0 Å². The number of esters is 3. The van der Waals surface area contributed by atoms with Crippen LogP contribution in [0.3, 0.4) is 0 Å². The van der Waals surface area contributed by atoms with Crippen molar-refractivity contribution in [2.45, 2.75) is 260 Å². The number of allylic oxidation sites excluding steroid dienone is 3. The van der Waals surface area contributed by atoms with Crippen molar-refractivity contribution in [2.24, 2.45) is 104 Å². The van der Waals surface area contributed by atoms with Gasteiger partial charge in [-0.05, 0) is 167 Å². The van der Waals surface area contributed by atoms with E-state index < -0.39 is 125 Å². The number of ether oxygens (including phenoxy) is 3. The van der Waals surface area contributed by atoms with Gasteiger partial charge in [-0.15, -0.1) is 0 Å². The number of rotatable bonds is 22. The van der Waals surface area contributed by atoms with Crippen molar-refractivity contribution in [1.29, 1.82) is 0 Å². The average Bonchev–Trinajstić information content (AvgIpc) is 1.51. The molecule has 578 valence electrons. The van der Waals surface area contributed by atoms with E-state index in [2.05, 4.69) is 48.5 Å². The van der Waals surface area contributed by atoms with Crippen molar-refractivity contribution in [3.8, 4) is 0 Å². The molecule has 13 rings (SSSR count). The summed E-state index contributed by atoms with van der Waals surface area (Å²) in [6.07, 6.45) is 20.7. The average molecular weight is 1460 g/mol. The first-order valence-electron chi connectivity index (χ1n) is 39.6. The number of hydrogen-bond acceptors (Lipinski definition) is 18. The van der Waals surface area contributed by atoms with Crippen LogP contribution in [0.25, 0.3) is 6.08 Å². The lowest BCUT2D eigenvalue weighted by Crippen LogP contribution is -2.65. The molecule has 0 saturated heterocycles. The summed E-state index contributed by atoms with van der Waals surface area (Å²) in [4.78, 5) is 81.3. The Kier molecular flexibility index (Phi) is 22.8. The zero-order valence-electron chi connectivity index (χ0n) is 64.7. The Bertz CT molecular complexity index is 3740. The number of aliphatic hydroxyl groups is 9. The van der Waals surface area contributed by atoms with Gasteiger partial charge in [0, 0.05) is 36.7 Å². The van der Waals surface area contributed by atoms with Gasteiger partial charge in [0.2, 0.25) is 0 Å². The molecule has 12 aliphatic rings. The van der Waals surface area contributed by atoms with E-state index in [0.717, 1.165) is 50.5 Å². The molecular formula is C87H122O18. The molecule has 12 aliphatic carbocycles. The fourth-order valence-corrected chi connectivity index (χ4v) is 23.1. The molecule has 6 saturated carbocycles. The van der Waals surface area contributed by atoms with Gasteiger partial charge in [-0.2, -0.15) is 0 Å². The maximum atomic E-state index is 14.3. The van der Waals surface area contributed by atoms with E-state index in [1.54, 1.807) is 63.3 Å². The second kappa shape index (κ2) is 29.7. The van der Waals surface area contributed by atoms with Crippen molar-refractivity contribution in [1.82, 2.24) is 0 Å². The summed E-state index contributed by atoms with van der Waals surface area (Å²) in [6.45, 7) is 26.9. The summed E-state index contributed by atoms with van der Waals surface area (Å²) in [5, 5.41) is 102. The van der Waals surface area contributed by atoms with E-state index in [-0.39, 0.29) is 98.7 Å². The first-order chi connectivity index (χ1) is 49.5. The fraction of sp³-hybridized carbons (Fsp3) is 0.701. The second-order valence-corrected chi connectivity index (χ2v) is 35.9. The minimum atomic E-state index is -2.12. The molecule has 24 unspecified atom stereocenters. The van der Waals surface area contributed by atoms with Gasteiger partial charge >= 0.3 is 17.9 Å². The van der Waals surface area contributed by atoms with Crippen molar-refractivity contribution >= 4 is 41.3 Å². The van der Waals surface area contributed by atoms with E-state index >= 15 is 0 Å². The Morgan fingerprint density at radius 2 is 0.752 bits per heavy atom. The normalized spacial score (nSPS) is 41.2. The molecule has 24 atom stereocenters. The summed E-state index contributed by atoms with van der Waals surface area (Å²) in [7, 11) is 0. The van der Waals surface area contributed by atoms with Gasteiger partial charge in [0.1, 0.15) is 18.3 Å². The minimum absolute atomic E-state index is 0.0107. The molecule has 1 aromatic rings. The van der Waals surface area contributed by atoms with Crippen molar-refractivity contribution in [3.05, 3.63) is 112 Å². The molecule has 105 heavy (non-hydrogen) atoms. The van der Waals surface area contributed by atoms with Gasteiger partial charge < -0.3 is 60.2 Å². The van der Waals surface area contributed by atoms with E-state index in [0.29, 0.717) is 47.3 Å². The highest BCUT2D eigenvalue weighted by Crippen LogP contribution is 2.75. The molecule has 18 nitrogen and oxygen atoms in total. The van der Waals surface area contributed by atoms with Crippen LogP contribution >= 0.6 is 0 Å². The molecular weight excluding hydrogens is 1330 g/mol. The maximum Gasteiger partial charge on any atom is 0.331 e. The van der Waals surface area contributed by atoms with Crippen LogP contribution in [0.5, 0.6) is 0 Å². The maximum absolute atomic E-state index is 14.3. The van der Waals surface area contributed by atoms with E-state index in [4.69, 9.17) is 14.2 Å². The molecule has 0 radical (unpaired) electrons. The molecule has 9 N–H and O–H groups in total. The highest BCUT2D eigenvalue weighted by atomic mass is 16.6. The van der Waals surface area contributed by atoms with Gasteiger partial charge in [0.25, 0.3) is 0 Å². The van der Waals surface area contributed by atoms with Crippen LogP contribution in [0.2, 0.25) is 0 Å². The summed E-state index contributed by atoms with van der Waals surface area (Å²) in [5.41, 5.74) is -7.23. The van der Waals surface area contributed by atoms with Crippen molar-refractivity contribution in [3.63, 3.8) is 0 Å². The summed E-state index contributed by atoms with van der Waals surface area (Å²) in [5.74, 6) is -3.02. The number of hydrogen-bond donors (Lipinski definition) is 9. The standard InChI is InChI=1S/C32H50O6.C29H34O6.C26H38O6/c1-6-7-8-9-10-11-12-13-14-15-25(34)38-29-20(2)18-31-21(3)16-24-26(30(24,4)5)23(28(31)36)17-22(19-33)27(35)32(29,31)37;1-16-14-28-17(2)12-21-23(27(21,3)4)20(25(28)33)13-19(15-30)24(32)29(28,34)26(16)35-22(31)11-10-18-8-6-5-7-9-18;1-6-7-8-9-19(28)32-23-14(2)12-25-15(3)10-18-20(24(18,4)5)17(22(25)30)11-16(13-27)21(29)26(23,25)31/h17-18,21,23-24,26-27,29,33,35,37H,6-16,19H2,1-5H3;5-11,13-14,17,20-21,23-24,26,30,32,34H,12,15H2,1-4H3;11-12,15,17-18,20-21,23,27,29,31H,6-10,13H2,1-5H3/b;11-10+;. The number of unbranched alkanes of at least 4 members (excludes halogenated alkanes) is 10. The summed E-state index contributed by atoms with van der Waals surface area (Å²) in [6, 6.07) is 9.28. The third-order valence-electron chi connectivity index (χ3n) is 29.1. The van der Waals surface area contributed by atoms with Crippen LogP contribution in [-0.4, -0.2) is 154 Å². The lowest BCUT2D eigenvalue weighted by Gasteiger charge is -2.48. The van der Waals surface area contributed by atoms with Crippen LogP contribution < -0.4 is 0 Å².